The molecule has 0 saturated carbocycles. The normalized spacial score (nSPS) is 27.5. The summed E-state index contributed by atoms with van der Waals surface area (Å²) in [4.78, 5) is 0. The number of hydrogen-bond donors (Lipinski definition) is 1. The second kappa shape index (κ2) is 35.2. The van der Waals surface area contributed by atoms with Crippen molar-refractivity contribution in [3.8, 4) is 0 Å². The Kier molecular flexibility index (Phi) is 25.1. The summed E-state index contributed by atoms with van der Waals surface area (Å²) in [5.41, 5.74) is 7.66. The Bertz CT molecular complexity index is 3370. The summed E-state index contributed by atoms with van der Waals surface area (Å²) in [7, 11) is 1.55. The minimum absolute atomic E-state index is 0.0786. The third kappa shape index (κ3) is 18.8. The molecular formula is C77H84O17. The van der Waals surface area contributed by atoms with Gasteiger partial charge in [0, 0.05) is 7.11 Å². The lowest BCUT2D eigenvalue weighted by molar-refractivity contribution is -0.273. The van der Waals surface area contributed by atoms with E-state index in [0.29, 0.717) is 19.8 Å². The summed E-state index contributed by atoms with van der Waals surface area (Å²) < 4.78 is 109. The number of aliphatic hydroxyl groups excluding tert-OH is 1. The third-order valence-electron chi connectivity index (χ3n) is 16.9. The maximum absolute atomic E-state index is 12.1. The molecule has 0 unspecified atom stereocenters. The van der Waals surface area contributed by atoms with Crippen molar-refractivity contribution in [3.05, 3.63) is 287 Å². The second-order valence-electron chi connectivity index (χ2n) is 23.7. The molecule has 0 spiro atoms. The molecule has 17 heteroatoms. The van der Waals surface area contributed by atoms with E-state index >= 15 is 0 Å². The number of ether oxygens (including phenoxy) is 16. The molecule has 94 heavy (non-hydrogen) atoms. The van der Waals surface area contributed by atoms with Crippen LogP contribution in [-0.2, 0) is 129 Å². The second-order valence-corrected chi connectivity index (χ2v) is 23.7. The quantitative estimate of drug-likeness (QED) is 0.0398. The molecule has 4 aliphatic heterocycles. The highest BCUT2D eigenvalue weighted by Gasteiger charge is 2.57. The minimum atomic E-state index is -1.23. The Morgan fingerprint density at radius 3 is 0.872 bits per heavy atom. The molecule has 16 atom stereocenters. The van der Waals surface area contributed by atoms with Gasteiger partial charge in [0.25, 0.3) is 0 Å². The van der Waals surface area contributed by atoms with Crippen molar-refractivity contribution >= 4 is 0 Å². The summed E-state index contributed by atoms with van der Waals surface area (Å²) in [5, 5.41) is 12.1. The molecule has 4 fully saturated rings. The topological polar surface area (TPSA) is 168 Å². The van der Waals surface area contributed by atoms with E-state index in [9.17, 15) is 5.11 Å². The molecule has 494 valence electrons. The number of hydrogen-bond acceptors (Lipinski definition) is 17. The first kappa shape index (κ1) is 67.1. The van der Waals surface area contributed by atoms with Gasteiger partial charge < -0.3 is 80.9 Å². The highest BCUT2D eigenvalue weighted by molar-refractivity contribution is 5.20. The van der Waals surface area contributed by atoms with Crippen LogP contribution in [0, 0.1) is 0 Å². The van der Waals surface area contributed by atoms with E-state index < -0.39 is 98.4 Å². The lowest BCUT2D eigenvalue weighted by Gasteiger charge is -2.32. The Morgan fingerprint density at radius 1 is 0.255 bits per heavy atom. The Balaban J connectivity index is 0.867. The molecule has 0 amide bonds. The first-order valence-corrected chi connectivity index (χ1v) is 32.4. The van der Waals surface area contributed by atoms with Crippen molar-refractivity contribution < 1.29 is 80.9 Å². The maximum atomic E-state index is 12.1. The number of methoxy groups -OCH3 is 1. The maximum Gasteiger partial charge on any atom is 0.187 e. The van der Waals surface area contributed by atoms with E-state index in [0.717, 1.165) is 44.5 Å². The van der Waals surface area contributed by atoms with Gasteiger partial charge in [0.05, 0.1) is 79.3 Å². The van der Waals surface area contributed by atoms with Crippen LogP contribution in [0.3, 0.4) is 0 Å². The lowest BCUT2D eigenvalue weighted by Crippen LogP contribution is -2.49. The zero-order valence-electron chi connectivity index (χ0n) is 52.8. The molecule has 4 heterocycles. The van der Waals surface area contributed by atoms with Crippen LogP contribution < -0.4 is 0 Å². The monoisotopic (exact) mass is 1280 g/mol. The third-order valence-corrected chi connectivity index (χ3v) is 16.9. The van der Waals surface area contributed by atoms with E-state index in [1.807, 2.05) is 243 Å². The summed E-state index contributed by atoms with van der Waals surface area (Å²) in [6.07, 6.45) is -14.9. The van der Waals surface area contributed by atoms with E-state index in [1.165, 1.54) is 0 Å². The molecule has 0 radical (unpaired) electrons. The first-order chi connectivity index (χ1) is 46.5. The van der Waals surface area contributed by atoms with Gasteiger partial charge >= 0.3 is 0 Å². The van der Waals surface area contributed by atoms with Crippen LogP contribution in [-0.4, -0.2) is 137 Å². The summed E-state index contributed by atoms with van der Waals surface area (Å²) in [6.45, 7) is 2.19. The van der Waals surface area contributed by atoms with Gasteiger partial charge in [0.1, 0.15) is 73.2 Å². The van der Waals surface area contributed by atoms with Crippen molar-refractivity contribution in [2.75, 3.05) is 33.5 Å². The van der Waals surface area contributed by atoms with Crippen molar-refractivity contribution in [1.82, 2.24) is 0 Å². The van der Waals surface area contributed by atoms with Crippen LogP contribution in [0.25, 0.3) is 0 Å². The van der Waals surface area contributed by atoms with Gasteiger partial charge in [-0.1, -0.05) is 243 Å². The van der Waals surface area contributed by atoms with Crippen LogP contribution in [0.4, 0.5) is 0 Å². The fourth-order valence-corrected chi connectivity index (χ4v) is 12.1. The van der Waals surface area contributed by atoms with Crippen LogP contribution in [0.2, 0.25) is 0 Å². The molecule has 4 saturated heterocycles. The molecule has 0 bridgehead atoms. The van der Waals surface area contributed by atoms with Crippen molar-refractivity contribution in [2.24, 2.45) is 0 Å². The molecule has 4 aliphatic rings. The van der Waals surface area contributed by atoms with Crippen LogP contribution in [0.5, 0.6) is 0 Å². The van der Waals surface area contributed by atoms with Crippen LogP contribution >= 0.6 is 0 Å². The standard InChI is InChI=1S/C77H84O17/c1-79-75-72(87-49-61-40-24-9-25-41-61)70(65(90-75)53-88-74-66(78)67(83-45-57-32-16-5-17-33-57)62(89-74)50-80-42-54-26-10-2-11-27-54)93-77-73(69(85-47-59-36-20-7-21-37-59)64(92-77)52-82-44-56-30-14-4-15-31-56)94-76-71(86-48-60-38-22-8-23-39-60)68(84-46-58-34-18-6-19-35-58)63(91-76)51-81-43-55-28-12-3-13-29-55/h2-41,62-78H,42-53H2,1H3/t62-,63-,64-,65-,66+,67-,68-,69-,70-,71+,72+,73+,74+,75+,76+,77-/m1/s1. The van der Waals surface area contributed by atoms with Crippen molar-refractivity contribution in [3.63, 3.8) is 0 Å². The Morgan fingerprint density at radius 2 is 0.511 bits per heavy atom. The van der Waals surface area contributed by atoms with Gasteiger partial charge in [0.15, 0.2) is 25.2 Å². The molecule has 8 aromatic carbocycles. The van der Waals surface area contributed by atoms with E-state index in [2.05, 4.69) is 0 Å². The average molecular weight is 1280 g/mol. The number of rotatable bonds is 35. The molecule has 0 aliphatic carbocycles. The molecule has 8 aromatic rings. The molecule has 12 rings (SSSR count). The molecule has 17 nitrogen and oxygen atoms in total. The largest absolute Gasteiger partial charge is 0.385 e. The molecular weight excluding hydrogens is 1200 g/mol. The molecule has 1 N–H and O–H groups in total. The number of aliphatic hydroxyl groups is 1. The van der Waals surface area contributed by atoms with Gasteiger partial charge in [0.2, 0.25) is 0 Å². The van der Waals surface area contributed by atoms with E-state index in [-0.39, 0.29) is 59.5 Å². The van der Waals surface area contributed by atoms with Gasteiger partial charge in [-0.2, -0.15) is 0 Å². The van der Waals surface area contributed by atoms with Crippen molar-refractivity contribution in [1.29, 1.82) is 0 Å². The van der Waals surface area contributed by atoms with Crippen LogP contribution in [0.1, 0.15) is 44.5 Å². The minimum Gasteiger partial charge on any atom is -0.385 e. The fourth-order valence-electron chi connectivity index (χ4n) is 12.1. The summed E-state index contributed by atoms with van der Waals surface area (Å²) in [5.74, 6) is 0. The first-order valence-electron chi connectivity index (χ1n) is 32.4. The van der Waals surface area contributed by atoms with E-state index in [4.69, 9.17) is 75.8 Å². The smallest absolute Gasteiger partial charge is 0.187 e. The fraction of sp³-hybridized carbons (Fsp3) is 0.377. The zero-order chi connectivity index (χ0) is 63.9. The highest BCUT2D eigenvalue weighted by Crippen LogP contribution is 2.40. The summed E-state index contributed by atoms with van der Waals surface area (Å²) in [6, 6.07) is 79.3. The summed E-state index contributed by atoms with van der Waals surface area (Å²) >= 11 is 0. The van der Waals surface area contributed by atoms with Crippen LogP contribution in [0.15, 0.2) is 243 Å². The average Bonchev–Trinajstić information content (AvgIpc) is 1.66. The Labute approximate surface area is 550 Å². The van der Waals surface area contributed by atoms with Gasteiger partial charge in [-0.3, -0.25) is 0 Å². The van der Waals surface area contributed by atoms with Gasteiger partial charge in [-0.15, -0.1) is 0 Å². The SMILES string of the molecule is CO[C@H]1O[C@H](CO[C@H]2O[C@H](COCc3ccccc3)[C@@H](OCc3ccccc3)[C@@H]2O)[C@@H](O[C@H]2O[C@H](COCc3ccccc3)[C@@H](OCc3ccccc3)[C@@H]2O[C@@H]2O[C@H](COCc3ccccc3)[C@@H](OCc3ccccc3)[C@@H]2OCc2ccccc2)[C@@H]1OCc1ccccc1. The number of benzene rings is 8. The predicted octanol–water partition coefficient (Wildman–Crippen LogP) is 11.3. The predicted molar refractivity (Wildman–Crippen MR) is 347 cm³/mol. The van der Waals surface area contributed by atoms with E-state index in [1.54, 1.807) is 7.11 Å². The lowest BCUT2D eigenvalue weighted by atomic mass is 10.1. The molecule has 0 aromatic heterocycles. The zero-order valence-corrected chi connectivity index (χ0v) is 52.8. The highest BCUT2D eigenvalue weighted by atomic mass is 16.8. The van der Waals surface area contributed by atoms with Gasteiger partial charge in [-0.25, -0.2) is 0 Å². The van der Waals surface area contributed by atoms with Crippen molar-refractivity contribution in [2.45, 2.75) is 151 Å². The Hall–Kier alpha value is -6.92. The van der Waals surface area contributed by atoms with Gasteiger partial charge in [-0.05, 0) is 44.5 Å².